The van der Waals surface area contributed by atoms with E-state index in [9.17, 15) is 0 Å². The largest absolute Gasteiger partial charge is 0.487 e. The molecule has 28 heavy (non-hydrogen) atoms. The summed E-state index contributed by atoms with van der Waals surface area (Å²) >= 11 is 0. The van der Waals surface area contributed by atoms with Gasteiger partial charge in [-0.1, -0.05) is 31.5 Å². The van der Waals surface area contributed by atoms with E-state index in [1.807, 2.05) is 18.2 Å². The van der Waals surface area contributed by atoms with Gasteiger partial charge in [-0.3, -0.25) is 14.8 Å². The van der Waals surface area contributed by atoms with Gasteiger partial charge < -0.3 is 9.47 Å². The van der Waals surface area contributed by atoms with Crippen molar-refractivity contribution in [2.45, 2.75) is 45.0 Å². The monoisotopic (exact) mass is 381 g/mol. The fourth-order valence-corrected chi connectivity index (χ4v) is 4.31. The molecule has 0 aliphatic carbocycles. The Labute approximate surface area is 168 Å². The van der Waals surface area contributed by atoms with Gasteiger partial charge >= 0.3 is 0 Å². The van der Waals surface area contributed by atoms with Gasteiger partial charge in [0.1, 0.15) is 12.4 Å². The van der Waals surface area contributed by atoms with Crippen LogP contribution in [0, 0.1) is 0 Å². The van der Waals surface area contributed by atoms with Crippen LogP contribution in [0.2, 0.25) is 0 Å². The summed E-state index contributed by atoms with van der Waals surface area (Å²) < 4.78 is 11.7. The highest BCUT2D eigenvalue weighted by atomic mass is 16.5. The van der Waals surface area contributed by atoms with E-state index < -0.39 is 0 Å². The number of aromatic nitrogens is 1. The van der Waals surface area contributed by atoms with E-state index in [0.717, 1.165) is 50.8 Å². The minimum Gasteiger partial charge on any atom is -0.487 e. The predicted molar refractivity (Wildman–Crippen MR) is 110 cm³/mol. The van der Waals surface area contributed by atoms with E-state index >= 15 is 0 Å². The summed E-state index contributed by atoms with van der Waals surface area (Å²) in [6, 6.07) is 15.5. The summed E-state index contributed by atoms with van der Waals surface area (Å²) in [5.74, 6) is 0.891. The van der Waals surface area contributed by atoms with Gasteiger partial charge in [-0.15, -0.1) is 0 Å². The van der Waals surface area contributed by atoms with Gasteiger partial charge in [-0.05, 0) is 36.2 Å². The average molecular weight is 382 g/mol. The normalized spacial score (nSPS) is 23.3. The van der Waals surface area contributed by atoms with E-state index in [-0.39, 0.29) is 0 Å². The topological polar surface area (TPSA) is 37.8 Å². The zero-order chi connectivity index (χ0) is 19.2. The van der Waals surface area contributed by atoms with Gasteiger partial charge in [0.15, 0.2) is 0 Å². The summed E-state index contributed by atoms with van der Waals surface area (Å²) in [6.07, 6.45) is 4.27. The van der Waals surface area contributed by atoms with E-state index in [1.165, 1.54) is 18.4 Å². The van der Waals surface area contributed by atoms with Crippen LogP contribution in [0.3, 0.4) is 0 Å². The van der Waals surface area contributed by atoms with Crippen LogP contribution < -0.4 is 4.74 Å². The van der Waals surface area contributed by atoms with Crippen molar-refractivity contribution in [1.29, 1.82) is 0 Å². The summed E-state index contributed by atoms with van der Waals surface area (Å²) in [7, 11) is 0. The molecule has 150 valence electrons. The smallest absolute Gasteiger partial charge is 0.130 e. The molecule has 0 bridgehead atoms. The summed E-state index contributed by atoms with van der Waals surface area (Å²) in [6.45, 7) is 8.92. The zero-order valence-corrected chi connectivity index (χ0v) is 16.8. The molecule has 2 aliphatic heterocycles. The van der Waals surface area contributed by atoms with E-state index in [4.69, 9.17) is 9.47 Å². The van der Waals surface area contributed by atoms with Crippen molar-refractivity contribution in [3.8, 4) is 5.75 Å². The molecule has 2 aliphatic rings. The van der Waals surface area contributed by atoms with Crippen LogP contribution >= 0.6 is 0 Å². The van der Waals surface area contributed by atoms with Crippen LogP contribution in [0.4, 0.5) is 0 Å². The lowest BCUT2D eigenvalue weighted by molar-refractivity contribution is -0.0840. The van der Waals surface area contributed by atoms with Gasteiger partial charge in [0, 0.05) is 44.5 Å². The molecule has 1 aromatic carbocycles. The second-order valence-corrected chi connectivity index (χ2v) is 7.86. The Hall–Kier alpha value is -1.95. The minimum atomic E-state index is 0.503. The van der Waals surface area contributed by atoms with Crippen LogP contribution in [-0.2, 0) is 17.9 Å². The Morgan fingerprint density at radius 1 is 1.11 bits per heavy atom. The number of hydrogen-bond acceptors (Lipinski definition) is 5. The van der Waals surface area contributed by atoms with Gasteiger partial charge in [0.2, 0.25) is 0 Å². The Morgan fingerprint density at radius 3 is 2.79 bits per heavy atom. The maximum Gasteiger partial charge on any atom is 0.130 e. The van der Waals surface area contributed by atoms with E-state index in [0.29, 0.717) is 18.7 Å². The number of fused-ring (bicyclic) bond motifs is 1. The maximum atomic E-state index is 5.89. The Bertz CT molecular complexity index is 720. The molecule has 0 saturated carbocycles. The Morgan fingerprint density at radius 2 is 2.00 bits per heavy atom. The maximum absolute atomic E-state index is 5.89. The highest BCUT2D eigenvalue weighted by Crippen LogP contribution is 2.23. The molecule has 2 atom stereocenters. The lowest BCUT2D eigenvalue weighted by Crippen LogP contribution is -2.61. The first-order valence-electron chi connectivity index (χ1n) is 10.5. The van der Waals surface area contributed by atoms with Crippen LogP contribution in [0.15, 0.2) is 48.7 Å². The lowest BCUT2D eigenvalue weighted by atomic mass is 10.0. The first-order chi connectivity index (χ1) is 13.8. The first-order valence-corrected chi connectivity index (χ1v) is 10.5. The molecule has 4 rings (SSSR count). The van der Waals surface area contributed by atoms with Crippen molar-refractivity contribution in [3.63, 3.8) is 0 Å². The summed E-state index contributed by atoms with van der Waals surface area (Å²) in [5, 5.41) is 0. The van der Waals surface area contributed by atoms with Crippen molar-refractivity contribution >= 4 is 0 Å². The molecule has 2 aromatic rings. The quantitative estimate of drug-likeness (QED) is 0.735. The number of hydrogen-bond donors (Lipinski definition) is 0. The second-order valence-electron chi connectivity index (χ2n) is 7.86. The lowest BCUT2D eigenvalue weighted by Gasteiger charge is -2.48. The van der Waals surface area contributed by atoms with Gasteiger partial charge in [-0.2, -0.15) is 0 Å². The third-order valence-electron chi connectivity index (χ3n) is 5.77. The molecule has 2 saturated heterocycles. The van der Waals surface area contributed by atoms with Crippen molar-refractivity contribution in [2.24, 2.45) is 0 Å². The van der Waals surface area contributed by atoms with Gasteiger partial charge in [-0.25, -0.2) is 0 Å². The van der Waals surface area contributed by atoms with Crippen molar-refractivity contribution in [2.75, 3.05) is 32.8 Å². The summed E-state index contributed by atoms with van der Waals surface area (Å²) in [4.78, 5) is 9.54. The van der Waals surface area contributed by atoms with Gasteiger partial charge in [0.25, 0.3) is 0 Å². The molecular formula is C23H31N3O2. The van der Waals surface area contributed by atoms with Crippen LogP contribution in [-0.4, -0.2) is 59.7 Å². The van der Waals surface area contributed by atoms with E-state index in [2.05, 4.69) is 46.0 Å². The van der Waals surface area contributed by atoms with Crippen LogP contribution in [0.1, 0.15) is 31.0 Å². The van der Waals surface area contributed by atoms with Crippen molar-refractivity contribution < 1.29 is 9.47 Å². The van der Waals surface area contributed by atoms with Crippen LogP contribution in [0.25, 0.3) is 0 Å². The fraction of sp³-hybridized carbons (Fsp3) is 0.522. The molecule has 0 radical (unpaired) electrons. The van der Waals surface area contributed by atoms with E-state index in [1.54, 1.807) is 6.20 Å². The summed E-state index contributed by atoms with van der Waals surface area (Å²) in [5.41, 5.74) is 2.28. The Balaban J connectivity index is 1.28. The van der Waals surface area contributed by atoms with Crippen molar-refractivity contribution in [3.05, 3.63) is 59.9 Å². The molecule has 0 unspecified atom stereocenters. The van der Waals surface area contributed by atoms with Gasteiger partial charge in [0.05, 0.1) is 18.9 Å². The molecule has 0 spiro atoms. The number of piperazine rings is 1. The number of pyridine rings is 1. The third kappa shape index (κ3) is 4.90. The number of rotatable bonds is 7. The third-order valence-corrected chi connectivity index (χ3v) is 5.77. The zero-order valence-electron chi connectivity index (χ0n) is 16.8. The standard InChI is InChI=1S/C23H31N3O2/c1-2-5-21-17-27-18-22-15-25(12-13-26(21)22)14-19-7-9-23(10-8-19)28-16-20-6-3-4-11-24-20/h3-4,6-11,21-22H,2,5,12-18H2,1H3/t21-,22+/m0/s1. The number of morpholine rings is 1. The molecule has 5 nitrogen and oxygen atoms in total. The molecule has 0 N–H and O–H groups in total. The highest BCUT2D eigenvalue weighted by Gasteiger charge is 2.34. The highest BCUT2D eigenvalue weighted by molar-refractivity contribution is 5.27. The number of nitrogens with zero attached hydrogens (tertiary/aromatic N) is 3. The first kappa shape index (κ1) is 19.4. The number of benzene rings is 1. The van der Waals surface area contributed by atoms with Crippen LogP contribution in [0.5, 0.6) is 5.75 Å². The Kier molecular flexibility index (Phi) is 6.57. The fourth-order valence-electron chi connectivity index (χ4n) is 4.31. The van der Waals surface area contributed by atoms with Crippen molar-refractivity contribution in [1.82, 2.24) is 14.8 Å². The molecule has 1 aromatic heterocycles. The second kappa shape index (κ2) is 9.50. The molecule has 5 heteroatoms. The molecular weight excluding hydrogens is 350 g/mol. The predicted octanol–water partition coefficient (Wildman–Crippen LogP) is 3.35. The molecule has 3 heterocycles. The average Bonchev–Trinajstić information content (AvgIpc) is 2.74. The SMILES string of the molecule is CCC[C@H]1COC[C@H]2CN(Cc3ccc(OCc4ccccn4)cc3)CCN12. The minimum absolute atomic E-state index is 0.503. The molecule has 0 amide bonds. The molecule has 2 fully saturated rings. The number of ether oxygens (including phenoxy) is 2.